The van der Waals surface area contributed by atoms with Gasteiger partial charge in [-0.25, -0.2) is 4.79 Å². The molecule has 5 nitrogen and oxygen atoms in total. The molecule has 14 heavy (non-hydrogen) atoms. The van der Waals surface area contributed by atoms with Gasteiger partial charge in [0.05, 0.1) is 12.1 Å². The number of carboxylic acids is 1. The number of aromatic nitrogens is 1. The molecule has 3 N–H and O–H groups in total. The fourth-order valence-corrected chi connectivity index (χ4v) is 1.47. The summed E-state index contributed by atoms with van der Waals surface area (Å²) in [6, 6.07) is 3.25. The van der Waals surface area contributed by atoms with Crippen LogP contribution in [0.15, 0.2) is 16.5 Å². The Bertz CT molecular complexity index is 495. The molecule has 0 radical (unpaired) electrons. The number of furan rings is 1. The highest BCUT2D eigenvalue weighted by molar-refractivity contribution is 5.92. The number of aryl methyl sites for hydroxylation is 1. The van der Waals surface area contributed by atoms with Gasteiger partial charge in [-0.2, -0.15) is 0 Å². The van der Waals surface area contributed by atoms with Gasteiger partial charge < -0.3 is 19.8 Å². The van der Waals surface area contributed by atoms with Gasteiger partial charge in [0.15, 0.2) is 5.58 Å². The van der Waals surface area contributed by atoms with Crippen molar-refractivity contribution in [1.82, 2.24) is 4.57 Å². The van der Waals surface area contributed by atoms with E-state index in [1.807, 2.05) is 0 Å². The molecule has 0 aromatic carbocycles. The van der Waals surface area contributed by atoms with Crippen molar-refractivity contribution in [3.05, 3.63) is 23.6 Å². The van der Waals surface area contributed by atoms with Crippen LogP contribution in [0.25, 0.3) is 11.1 Å². The van der Waals surface area contributed by atoms with E-state index in [0.717, 1.165) is 5.52 Å². The van der Waals surface area contributed by atoms with Crippen molar-refractivity contribution in [1.29, 1.82) is 0 Å². The quantitative estimate of drug-likeness (QED) is 0.745. The Kier molecular flexibility index (Phi) is 1.82. The van der Waals surface area contributed by atoms with Crippen LogP contribution in [0.5, 0.6) is 0 Å². The fraction of sp³-hybridized carbons (Fsp3) is 0.222. The number of nitrogens with two attached hydrogens (primary N) is 1. The largest absolute Gasteiger partial charge is 0.477 e. The van der Waals surface area contributed by atoms with Crippen LogP contribution in [0.1, 0.15) is 16.2 Å². The third-order valence-corrected chi connectivity index (χ3v) is 2.20. The zero-order valence-corrected chi connectivity index (χ0v) is 7.65. The van der Waals surface area contributed by atoms with E-state index in [1.54, 1.807) is 17.7 Å². The molecule has 0 aliphatic carbocycles. The second kappa shape index (κ2) is 2.88. The zero-order valence-electron chi connectivity index (χ0n) is 7.65. The molecule has 2 rings (SSSR count). The predicted molar refractivity (Wildman–Crippen MR) is 50.0 cm³/mol. The number of nitrogens with zero attached hydrogens (tertiary/aromatic N) is 1. The summed E-state index contributed by atoms with van der Waals surface area (Å²) in [5.41, 5.74) is 6.93. The van der Waals surface area contributed by atoms with Gasteiger partial charge in [0.1, 0.15) is 11.5 Å². The average molecular weight is 194 g/mol. The molecule has 0 saturated carbocycles. The van der Waals surface area contributed by atoms with Crippen LogP contribution >= 0.6 is 0 Å². The summed E-state index contributed by atoms with van der Waals surface area (Å²) in [7, 11) is 1.68. The minimum absolute atomic E-state index is 0.210. The van der Waals surface area contributed by atoms with Crippen molar-refractivity contribution in [3.63, 3.8) is 0 Å². The highest BCUT2D eigenvalue weighted by Crippen LogP contribution is 2.22. The molecular weight excluding hydrogens is 184 g/mol. The highest BCUT2D eigenvalue weighted by Gasteiger charge is 2.15. The maximum atomic E-state index is 10.8. The molecule has 5 heteroatoms. The zero-order chi connectivity index (χ0) is 10.3. The minimum atomic E-state index is -0.965. The van der Waals surface area contributed by atoms with Crippen LogP contribution in [0, 0.1) is 0 Å². The lowest BCUT2D eigenvalue weighted by molar-refractivity contribution is 0.0687. The first kappa shape index (κ1) is 8.83. The van der Waals surface area contributed by atoms with Gasteiger partial charge in [-0.15, -0.1) is 0 Å². The molecule has 0 fully saturated rings. The molecule has 0 bridgehead atoms. The average Bonchev–Trinajstić information content (AvgIpc) is 2.65. The highest BCUT2D eigenvalue weighted by atomic mass is 16.4. The maximum absolute atomic E-state index is 10.8. The molecule has 0 aliphatic heterocycles. The first-order valence-electron chi connectivity index (χ1n) is 4.15. The van der Waals surface area contributed by atoms with Gasteiger partial charge in [-0.05, 0) is 0 Å². The minimum Gasteiger partial charge on any atom is -0.477 e. The molecular formula is C9H10N2O3. The Morgan fingerprint density at radius 3 is 2.86 bits per heavy atom. The van der Waals surface area contributed by atoms with E-state index in [4.69, 9.17) is 15.3 Å². The lowest BCUT2D eigenvalue weighted by atomic mass is 10.4. The molecule has 74 valence electrons. The fourth-order valence-electron chi connectivity index (χ4n) is 1.47. The van der Waals surface area contributed by atoms with Gasteiger partial charge in [0.25, 0.3) is 0 Å². The molecule has 0 aliphatic rings. The number of carbonyl (C=O) groups is 1. The SMILES string of the molecule is Cn1c(C(=O)O)cc2oc(CN)cc21. The Hall–Kier alpha value is -1.75. The van der Waals surface area contributed by atoms with Gasteiger partial charge in [0.2, 0.25) is 0 Å². The van der Waals surface area contributed by atoms with Crippen LogP contribution < -0.4 is 5.73 Å². The third-order valence-electron chi connectivity index (χ3n) is 2.20. The lowest BCUT2D eigenvalue weighted by Gasteiger charge is -1.95. The van der Waals surface area contributed by atoms with E-state index in [-0.39, 0.29) is 5.69 Å². The number of hydrogen-bond donors (Lipinski definition) is 2. The smallest absolute Gasteiger partial charge is 0.352 e. The normalized spacial score (nSPS) is 11.0. The van der Waals surface area contributed by atoms with Crippen molar-refractivity contribution in [3.8, 4) is 0 Å². The van der Waals surface area contributed by atoms with E-state index < -0.39 is 5.97 Å². The topological polar surface area (TPSA) is 81.4 Å². The Balaban J connectivity index is 2.66. The molecule has 0 unspecified atom stereocenters. The summed E-state index contributed by atoms with van der Waals surface area (Å²) in [6.45, 7) is 0.317. The van der Waals surface area contributed by atoms with Gasteiger partial charge in [0, 0.05) is 19.2 Å². The van der Waals surface area contributed by atoms with Crippen molar-refractivity contribution in [2.75, 3.05) is 0 Å². The Morgan fingerprint density at radius 2 is 2.36 bits per heavy atom. The molecule has 0 saturated heterocycles. The molecule has 2 heterocycles. The number of carboxylic acid groups (broad SMARTS) is 1. The molecule has 2 aromatic rings. The summed E-state index contributed by atoms with van der Waals surface area (Å²) in [6.07, 6.45) is 0. The molecule has 0 amide bonds. The van der Waals surface area contributed by atoms with E-state index in [2.05, 4.69) is 0 Å². The number of rotatable bonds is 2. The summed E-state index contributed by atoms with van der Waals surface area (Å²) in [5, 5.41) is 8.82. The first-order chi connectivity index (χ1) is 6.63. The van der Waals surface area contributed by atoms with Gasteiger partial charge >= 0.3 is 5.97 Å². The number of fused-ring (bicyclic) bond motifs is 1. The van der Waals surface area contributed by atoms with Crippen LogP contribution in [0.3, 0.4) is 0 Å². The standard InChI is InChI=1S/C9H10N2O3/c1-11-6-2-5(4-10)14-8(6)3-7(11)9(12)13/h2-3H,4,10H2,1H3,(H,12,13). The van der Waals surface area contributed by atoms with E-state index in [1.165, 1.54) is 6.07 Å². The summed E-state index contributed by atoms with van der Waals surface area (Å²) >= 11 is 0. The maximum Gasteiger partial charge on any atom is 0.352 e. The summed E-state index contributed by atoms with van der Waals surface area (Å²) in [4.78, 5) is 10.8. The lowest BCUT2D eigenvalue weighted by Crippen LogP contribution is -2.03. The Labute approximate surface area is 79.7 Å². The third kappa shape index (κ3) is 1.10. The van der Waals surface area contributed by atoms with Crippen LogP contribution in [-0.4, -0.2) is 15.6 Å². The Morgan fingerprint density at radius 1 is 1.64 bits per heavy atom. The van der Waals surface area contributed by atoms with Crippen molar-refractivity contribution >= 4 is 17.1 Å². The summed E-state index contributed by atoms with van der Waals surface area (Å²) in [5.74, 6) is -0.310. The second-order valence-corrected chi connectivity index (χ2v) is 3.06. The first-order valence-corrected chi connectivity index (χ1v) is 4.15. The number of aromatic carboxylic acids is 1. The van der Waals surface area contributed by atoms with Crippen molar-refractivity contribution in [2.45, 2.75) is 6.54 Å². The van der Waals surface area contributed by atoms with E-state index in [9.17, 15) is 4.79 Å². The van der Waals surface area contributed by atoms with Gasteiger partial charge in [-0.3, -0.25) is 0 Å². The van der Waals surface area contributed by atoms with Crippen LogP contribution in [0.2, 0.25) is 0 Å². The molecule has 2 aromatic heterocycles. The van der Waals surface area contributed by atoms with Crippen LogP contribution in [-0.2, 0) is 13.6 Å². The van der Waals surface area contributed by atoms with Crippen molar-refractivity contribution in [2.24, 2.45) is 12.8 Å². The predicted octanol–water partition coefficient (Wildman–Crippen LogP) is 0.928. The monoisotopic (exact) mass is 194 g/mol. The molecule has 0 atom stereocenters. The molecule has 0 spiro atoms. The van der Waals surface area contributed by atoms with Gasteiger partial charge in [-0.1, -0.05) is 0 Å². The van der Waals surface area contributed by atoms with Crippen LogP contribution in [0.4, 0.5) is 0 Å². The van der Waals surface area contributed by atoms with E-state index >= 15 is 0 Å². The summed E-state index contributed by atoms with van der Waals surface area (Å²) < 4.78 is 6.89. The van der Waals surface area contributed by atoms with E-state index in [0.29, 0.717) is 17.9 Å². The number of hydrogen-bond acceptors (Lipinski definition) is 3. The van der Waals surface area contributed by atoms with Crippen molar-refractivity contribution < 1.29 is 14.3 Å². The second-order valence-electron chi connectivity index (χ2n) is 3.06.